The van der Waals surface area contributed by atoms with Crippen molar-refractivity contribution in [2.45, 2.75) is 33.9 Å². The molecule has 33 heavy (non-hydrogen) atoms. The highest BCUT2D eigenvalue weighted by molar-refractivity contribution is 5.88. The van der Waals surface area contributed by atoms with Gasteiger partial charge in [-0.05, 0) is 61.2 Å². The van der Waals surface area contributed by atoms with Gasteiger partial charge in [0.25, 0.3) is 6.01 Å². The molecule has 3 aromatic carbocycles. The van der Waals surface area contributed by atoms with Gasteiger partial charge < -0.3 is 9.47 Å². The summed E-state index contributed by atoms with van der Waals surface area (Å²) in [5.41, 5.74) is 8.94. The maximum absolute atomic E-state index is 9.69. The number of fused-ring (bicyclic) bond motifs is 3. The van der Waals surface area contributed by atoms with Crippen molar-refractivity contribution in [2.24, 2.45) is 0 Å². The molecule has 5 rings (SSSR count). The summed E-state index contributed by atoms with van der Waals surface area (Å²) in [4.78, 5) is 4.75. The zero-order valence-corrected chi connectivity index (χ0v) is 19.1. The summed E-state index contributed by atoms with van der Waals surface area (Å²) in [6, 6.07) is 23.5. The molecule has 0 unspecified atom stereocenters. The lowest BCUT2D eigenvalue weighted by Gasteiger charge is -2.14. The van der Waals surface area contributed by atoms with Gasteiger partial charge in [-0.25, -0.2) is 0 Å². The second-order valence-electron chi connectivity index (χ2n) is 8.24. The lowest BCUT2D eigenvalue weighted by molar-refractivity contribution is 0.301. The van der Waals surface area contributed by atoms with Crippen molar-refractivity contribution in [1.29, 1.82) is 5.26 Å². The first kappa shape index (κ1) is 20.8. The van der Waals surface area contributed by atoms with Crippen molar-refractivity contribution in [3.63, 3.8) is 0 Å². The van der Waals surface area contributed by atoms with Gasteiger partial charge in [-0.15, -0.1) is 0 Å². The summed E-state index contributed by atoms with van der Waals surface area (Å²) in [6.07, 6.45) is 0. The second kappa shape index (κ2) is 8.48. The number of hydrogen-bond donors (Lipinski definition) is 0. The standard InChI is InChI=1S/C28H25N3O2/c1-4-32-28-30-27-18(2)8-7-10-24(27)31(28)16-20-12-13-22-21(14-20)17-33-25-11-6-5-9-23(25)26(22)19(3)15-29/h5-14H,4,16-17H2,1-3H3. The third-order valence-corrected chi connectivity index (χ3v) is 6.08. The molecule has 164 valence electrons. The van der Waals surface area contributed by atoms with E-state index in [0.29, 0.717) is 31.3 Å². The zero-order chi connectivity index (χ0) is 22.9. The maximum atomic E-state index is 9.69. The lowest BCUT2D eigenvalue weighted by atomic mass is 9.90. The van der Waals surface area contributed by atoms with Crippen LogP contribution < -0.4 is 9.47 Å². The fraction of sp³-hybridized carbons (Fsp3) is 0.214. The van der Waals surface area contributed by atoms with Crippen LogP contribution in [-0.4, -0.2) is 16.2 Å². The van der Waals surface area contributed by atoms with Crippen LogP contribution in [0.1, 0.15) is 41.7 Å². The summed E-state index contributed by atoms with van der Waals surface area (Å²) < 4.78 is 14.1. The molecule has 1 aliphatic rings. The third-order valence-electron chi connectivity index (χ3n) is 6.08. The fourth-order valence-electron chi connectivity index (χ4n) is 4.51. The molecule has 4 aromatic rings. The quantitative estimate of drug-likeness (QED) is 0.367. The van der Waals surface area contributed by atoms with Crippen LogP contribution in [0.2, 0.25) is 0 Å². The predicted molar refractivity (Wildman–Crippen MR) is 129 cm³/mol. The number of hydrogen-bond acceptors (Lipinski definition) is 4. The number of ether oxygens (including phenoxy) is 2. The van der Waals surface area contributed by atoms with Crippen LogP contribution in [0.4, 0.5) is 0 Å². The van der Waals surface area contributed by atoms with Crippen LogP contribution in [0.3, 0.4) is 0 Å². The van der Waals surface area contributed by atoms with Gasteiger partial charge in [0.2, 0.25) is 0 Å². The first-order valence-corrected chi connectivity index (χ1v) is 11.1. The van der Waals surface area contributed by atoms with Gasteiger partial charge in [0.05, 0.1) is 30.3 Å². The Morgan fingerprint density at radius 3 is 2.79 bits per heavy atom. The summed E-state index contributed by atoms with van der Waals surface area (Å²) in [5.74, 6) is 0.801. The molecule has 0 amide bonds. The van der Waals surface area contributed by atoms with Crippen molar-refractivity contribution in [3.8, 4) is 17.8 Å². The fourth-order valence-corrected chi connectivity index (χ4v) is 4.51. The van der Waals surface area contributed by atoms with Crippen molar-refractivity contribution in [2.75, 3.05) is 6.61 Å². The molecular formula is C28H25N3O2. The highest BCUT2D eigenvalue weighted by Gasteiger charge is 2.22. The van der Waals surface area contributed by atoms with Crippen molar-refractivity contribution in [3.05, 3.63) is 94.1 Å². The molecule has 0 radical (unpaired) electrons. The Hall–Kier alpha value is -4.04. The highest BCUT2D eigenvalue weighted by atomic mass is 16.5. The van der Waals surface area contributed by atoms with E-state index in [2.05, 4.69) is 54.0 Å². The normalized spacial score (nSPS) is 14.0. The van der Waals surface area contributed by atoms with E-state index in [-0.39, 0.29) is 0 Å². The monoisotopic (exact) mass is 435 g/mol. The van der Waals surface area contributed by atoms with Crippen LogP contribution in [0.15, 0.2) is 66.2 Å². The van der Waals surface area contributed by atoms with E-state index in [9.17, 15) is 5.26 Å². The van der Waals surface area contributed by atoms with E-state index in [1.54, 1.807) is 0 Å². The molecule has 5 nitrogen and oxygen atoms in total. The minimum absolute atomic E-state index is 0.449. The summed E-state index contributed by atoms with van der Waals surface area (Å²) >= 11 is 0. The van der Waals surface area contributed by atoms with Gasteiger partial charge in [0, 0.05) is 16.7 Å². The van der Waals surface area contributed by atoms with Gasteiger partial charge in [-0.1, -0.05) is 42.5 Å². The number of aryl methyl sites for hydroxylation is 1. The molecular weight excluding hydrogens is 410 g/mol. The largest absolute Gasteiger partial charge is 0.488 e. The molecule has 0 saturated heterocycles. The van der Waals surface area contributed by atoms with Crippen molar-refractivity contribution >= 4 is 16.6 Å². The summed E-state index contributed by atoms with van der Waals surface area (Å²) in [6.45, 7) is 7.54. The number of aromatic nitrogens is 2. The number of nitrogens with zero attached hydrogens (tertiary/aromatic N) is 3. The molecule has 0 bridgehead atoms. The van der Waals surface area contributed by atoms with Crippen LogP contribution in [0.5, 0.6) is 11.8 Å². The van der Waals surface area contributed by atoms with E-state index >= 15 is 0 Å². The average Bonchev–Trinajstić information content (AvgIpc) is 3.08. The second-order valence-corrected chi connectivity index (χ2v) is 8.24. The number of rotatable bonds is 4. The number of nitriles is 1. The van der Waals surface area contributed by atoms with E-state index in [4.69, 9.17) is 14.5 Å². The smallest absolute Gasteiger partial charge is 0.297 e. The van der Waals surface area contributed by atoms with Gasteiger partial charge in [-0.2, -0.15) is 10.2 Å². The van der Waals surface area contributed by atoms with Crippen LogP contribution in [0.25, 0.3) is 16.6 Å². The Kier molecular flexibility index (Phi) is 5.35. The Morgan fingerprint density at radius 2 is 1.97 bits per heavy atom. The van der Waals surface area contributed by atoms with Gasteiger partial charge in [0.15, 0.2) is 0 Å². The van der Waals surface area contributed by atoms with Crippen LogP contribution >= 0.6 is 0 Å². The van der Waals surface area contributed by atoms with Crippen molar-refractivity contribution in [1.82, 2.24) is 9.55 Å². The summed E-state index contributed by atoms with van der Waals surface area (Å²) in [7, 11) is 0. The Balaban J connectivity index is 1.60. The third kappa shape index (κ3) is 3.64. The van der Waals surface area contributed by atoms with E-state index < -0.39 is 0 Å². The highest BCUT2D eigenvalue weighted by Crippen LogP contribution is 2.39. The minimum Gasteiger partial charge on any atom is -0.488 e. The van der Waals surface area contributed by atoms with E-state index in [1.165, 1.54) is 0 Å². The average molecular weight is 436 g/mol. The van der Waals surface area contributed by atoms with Gasteiger partial charge >= 0.3 is 0 Å². The molecule has 1 aromatic heterocycles. The molecule has 5 heteroatoms. The first-order valence-electron chi connectivity index (χ1n) is 11.1. The van der Waals surface area contributed by atoms with E-state index in [0.717, 1.165) is 50.2 Å². The molecule has 0 aliphatic carbocycles. The van der Waals surface area contributed by atoms with Crippen LogP contribution in [0, 0.1) is 18.3 Å². The lowest BCUT2D eigenvalue weighted by Crippen LogP contribution is -2.06. The molecule has 0 spiro atoms. The molecule has 0 fully saturated rings. The van der Waals surface area contributed by atoms with Crippen molar-refractivity contribution < 1.29 is 9.47 Å². The minimum atomic E-state index is 0.449. The SMILES string of the molecule is CCOc1nc2c(C)cccc2n1Cc1ccc2c(c1)COc1ccccc1C2=C(C)C#N. The molecule has 2 heterocycles. The molecule has 0 atom stereocenters. The zero-order valence-electron chi connectivity index (χ0n) is 19.1. The maximum Gasteiger partial charge on any atom is 0.297 e. The Bertz CT molecular complexity index is 1440. The molecule has 0 N–H and O–H groups in total. The number of para-hydroxylation sites is 2. The Labute approximate surface area is 193 Å². The van der Waals surface area contributed by atoms with Crippen LogP contribution in [-0.2, 0) is 13.2 Å². The topological polar surface area (TPSA) is 60.1 Å². The van der Waals surface area contributed by atoms with Gasteiger partial charge in [0.1, 0.15) is 12.4 Å². The van der Waals surface area contributed by atoms with Gasteiger partial charge in [-0.3, -0.25) is 4.57 Å². The molecule has 0 saturated carbocycles. The number of allylic oxidation sites excluding steroid dienone is 1. The summed E-state index contributed by atoms with van der Waals surface area (Å²) in [5, 5.41) is 9.69. The molecule has 1 aliphatic heterocycles. The number of imidazole rings is 1. The Morgan fingerprint density at radius 1 is 1.12 bits per heavy atom. The van der Waals surface area contributed by atoms with E-state index in [1.807, 2.05) is 38.1 Å². The number of benzene rings is 3. The first-order chi connectivity index (χ1) is 16.1. The predicted octanol–water partition coefficient (Wildman–Crippen LogP) is 6.03.